The minimum absolute atomic E-state index is 0.00297. The van der Waals surface area contributed by atoms with Crippen molar-refractivity contribution in [2.75, 3.05) is 13.1 Å². The van der Waals surface area contributed by atoms with Gasteiger partial charge in [-0.2, -0.15) is 5.10 Å². The number of β-amino-alcohol motifs (C(OH)–C–C–N with tert-alkyl or cyclic N) is 1. The number of aryl methyl sites for hydroxylation is 2. The zero-order chi connectivity index (χ0) is 19.6. The lowest BCUT2D eigenvalue weighted by Gasteiger charge is -2.16. The molecule has 0 unspecified atom stereocenters. The van der Waals surface area contributed by atoms with Crippen LogP contribution in [-0.4, -0.2) is 55.7 Å². The summed E-state index contributed by atoms with van der Waals surface area (Å²) in [6, 6.07) is 3.87. The maximum atomic E-state index is 12.6. The Morgan fingerprint density at radius 2 is 1.93 bits per heavy atom. The van der Waals surface area contributed by atoms with E-state index in [0.29, 0.717) is 37.3 Å². The van der Waals surface area contributed by atoms with Crippen LogP contribution in [0.2, 0.25) is 0 Å². The van der Waals surface area contributed by atoms with Gasteiger partial charge in [0, 0.05) is 50.1 Å². The molecule has 0 aromatic carbocycles. The van der Waals surface area contributed by atoms with Gasteiger partial charge in [-0.25, -0.2) is 0 Å². The molecule has 7 heteroatoms. The summed E-state index contributed by atoms with van der Waals surface area (Å²) >= 11 is 0. The molecule has 27 heavy (non-hydrogen) atoms. The van der Waals surface area contributed by atoms with E-state index in [1.54, 1.807) is 22.0 Å². The number of carbonyl (C=O) groups excluding carboxylic acids is 2. The van der Waals surface area contributed by atoms with Gasteiger partial charge < -0.3 is 10.0 Å². The highest BCUT2D eigenvalue weighted by Gasteiger charge is 2.33. The van der Waals surface area contributed by atoms with Crippen LogP contribution in [0.25, 0.3) is 0 Å². The van der Waals surface area contributed by atoms with Gasteiger partial charge in [0.1, 0.15) is 0 Å². The predicted molar refractivity (Wildman–Crippen MR) is 100 cm³/mol. The minimum atomic E-state index is -0.514. The Kier molecular flexibility index (Phi) is 5.70. The first-order chi connectivity index (χ1) is 12.9. The Labute approximate surface area is 159 Å². The Morgan fingerprint density at radius 1 is 1.22 bits per heavy atom. The topological polar surface area (TPSA) is 88.3 Å². The van der Waals surface area contributed by atoms with E-state index in [4.69, 9.17) is 0 Å². The fraction of sp³-hybridized carbons (Fsp3) is 0.500. The zero-order valence-electron chi connectivity index (χ0n) is 16.1. The lowest BCUT2D eigenvalue weighted by atomic mass is 9.97. The molecule has 0 radical (unpaired) electrons. The number of aliphatic hydroxyl groups excluding tert-OH is 1. The van der Waals surface area contributed by atoms with Crippen LogP contribution in [0.4, 0.5) is 0 Å². The molecule has 1 amide bonds. The SMILES string of the molecule is CC(=O)c1c(C)nn(CCC(=O)N2C[C@@H](Cc3ccncc3)[C@@H](O)C2)c1C. The normalized spacial score (nSPS) is 19.5. The van der Waals surface area contributed by atoms with Crippen LogP contribution in [0.3, 0.4) is 0 Å². The summed E-state index contributed by atoms with van der Waals surface area (Å²) in [6.07, 6.45) is 3.99. The van der Waals surface area contributed by atoms with Crippen LogP contribution in [-0.2, 0) is 17.8 Å². The van der Waals surface area contributed by atoms with Crippen molar-refractivity contribution < 1.29 is 14.7 Å². The fourth-order valence-corrected chi connectivity index (χ4v) is 3.86. The number of nitrogens with zero attached hydrogens (tertiary/aromatic N) is 4. The number of aliphatic hydroxyl groups is 1. The number of hydrogen-bond donors (Lipinski definition) is 1. The first-order valence-corrected chi connectivity index (χ1v) is 9.26. The van der Waals surface area contributed by atoms with E-state index >= 15 is 0 Å². The number of hydrogen-bond acceptors (Lipinski definition) is 5. The van der Waals surface area contributed by atoms with Crippen molar-refractivity contribution in [2.24, 2.45) is 5.92 Å². The highest BCUT2D eigenvalue weighted by molar-refractivity contribution is 5.96. The number of carbonyl (C=O) groups is 2. The molecule has 7 nitrogen and oxygen atoms in total. The van der Waals surface area contributed by atoms with E-state index in [1.165, 1.54) is 6.92 Å². The smallest absolute Gasteiger partial charge is 0.224 e. The first-order valence-electron chi connectivity index (χ1n) is 9.26. The van der Waals surface area contributed by atoms with Gasteiger partial charge in [0.05, 0.1) is 17.4 Å². The quantitative estimate of drug-likeness (QED) is 0.780. The minimum Gasteiger partial charge on any atom is -0.391 e. The molecule has 1 aliphatic heterocycles. The molecule has 1 saturated heterocycles. The molecular formula is C20H26N4O3. The van der Waals surface area contributed by atoms with E-state index in [-0.39, 0.29) is 17.6 Å². The molecule has 2 aromatic rings. The second-order valence-corrected chi connectivity index (χ2v) is 7.26. The number of ketones is 1. The summed E-state index contributed by atoms with van der Waals surface area (Å²) < 4.78 is 1.73. The van der Waals surface area contributed by atoms with Gasteiger partial charge in [0.15, 0.2) is 5.78 Å². The summed E-state index contributed by atoms with van der Waals surface area (Å²) in [5, 5.41) is 14.7. The first kappa shape index (κ1) is 19.2. The Bertz CT molecular complexity index is 831. The zero-order valence-corrected chi connectivity index (χ0v) is 16.1. The third-order valence-corrected chi connectivity index (χ3v) is 5.28. The number of amides is 1. The standard InChI is InChI=1S/C20H26N4O3/c1-13-20(15(3)25)14(2)24(22-13)9-6-19(27)23-11-17(18(26)12-23)10-16-4-7-21-8-5-16/h4-5,7-8,17-18,26H,6,9-12H2,1-3H3/t17-,18+/m1/s1. The fourth-order valence-electron chi connectivity index (χ4n) is 3.86. The van der Waals surface area contributed by atoms with E-state index in [9.17, 15) is 14.7 Å². The third kappa shape index (κ3) is 4.24. The van der Waals surface area contributed by atoms with Gasteiger partial charge in [-0.3, -0.25) is 19.3 Å². The lowest BCUT2D eigenvalue weighted by Crippen LogP contribution is -2.30. The second-order valence-electron chi connectivity index (χ2n) is 7.26. The van der Waals surface area contributed by atoms with Crippen molar-refractivity contribution in [3.05, 3.63) is 47.0 Å². The molecule has 2 atom stereocenters. The largest absolute Gasteiger partial charge is 0.391 e. The second kappa shape index (κ2) is 8.00. The van der Waals surface area contributed by atoms with E-state index in [2.05, 4.69) is 10.1 Å². The molecule has 1 fully saturated rings. The summed E-state index contributed by atoms with van der Waals surface area (Å²) in [4.78, 5) is 30.0. The van der Waals surface area contributed by atoms with Crippen molar-refractivity contribution in [2.45, 2.75) is 46.3 Å². The molecule has 0 aliphatic carbocycles. The molecule has 1 aliphatic rings. The van der Waals surface area contributed by atoms with Crippen LogP contribution in [0, 0.1) is 19.8 Å². The van der Waals surface area contributed by atoms with Crippen LogP contribution in [0.5, 0.6) is 0 Å². The lowest BCUT2D eigenvalue weighted by molar-refractivity contribution is -0.130. The summed E-state index contributed by atoms with van der Waals surface area (Å²) in [5.74, 6) is 0.0294. The van der Waals surface area contributed by atoms with Crippen molar-refractivity contribution in [1.29, 1.82) is 0 Å². The van der Waals surface area contributed by atoms with Crippen LogP contribution >= 0.6 is 0 Å². The Balaban J connectivity index is 1.58. The summed E-state index contributed by atoms with van der Waals surface area (Å²) in [6.45, 7) is 6.54. The van der Waals surface area contributed by atoms with E-state index in [1.807, 2.05) is 26.0 Å². The molecule has 1 N–H and O–H groups in total. The van der Waals surface area contributed by atoms with Crippen LogP contribution in [0.15, 0.2) is 24.5 Å². The molecule has 0 spiro atoms. The van der Waals surface area contributed by atoms with Gasteiger partial charge in [-0.05, 0) is 44.9 Å². The summed E-state index contributed by atoms with van der Waals surface area (Å²) in [5.41, 5.74) is 3.24. The molecule has 0 bridgehead atoms. The predicted octanol–water partition coefficient (Wildman–Crippen LogP) is 1.55. The summed E-state index contributed by atoms with van der Waals surface area (Å²) in [7, 11) is 0. The number of aromatic nitrogens is 3. The van der Waals surface area contributed by atoms with E-state index < -0.39 is 6.10 Å². The van der Waals surface area contributed by atoms with Crippen molar-refractivity contribution >= 4 is 11.7 Å². The third-order valence-electron chi connectivity index (χ3n) is 5.28. The highest BCUT2D eigenvalue weighted by Crippen LogP contribution is 2.22. The van der Waals surface area contributed by atoms with Crippen LogP contribution < -0.4 is 0 Å². The van der Waals surface area contributed by atoms with Gasteiger partial charge in [0.25, 0.3) is 0 Å². The Morgan fingerprint density at radius 3 is 2.56 bits per heavy atom. The average molecular weight is 370 g/mol. The van der Waals surface area contributed by atoms with Gasteiger partial charge in [-0.1, -0.05) is 0 Å². The Hall–Kier alpha value is -2.54. The number of pyridine rings is 1. The van der Waals surface area contributed by atoms with Crippen molar-refractivity contribution in [1.82, 2.24) is 19.7 Å². The van der Waals surface area contributed by atoms with Gasteiger partial charge >= 0.3 is 0 Å². The maximum absolute atomic E-state index is 12.6. The number of likely N-dealkylation sites (tertiary alicyclic amines) is 1. The van der Waals surface area contributed by atoms with Crippen LogP contribution in [0.1, 0.15) is 40.7 Å². The molecule has 0 saturated carbocycles. The number of Topliss-reactive ketones (excluding diaryl/α,β-unsaturated/α-hetero) is 1. The molecule has 2 aromatic heterocycles. The molecule has 3 rings (SSSR count). The maximum Gasteiger partial charge on any atom is 0.224 e. The average Bonchev–Trinajstić information content (AvgIpc) is 3.13. The monoisotopic (exact) mass is 370 g/mol. The van der Waals surface area contributed by atoms with Gasteiger partial charge in [0.2, 0.25) is 5.91 Å². The molecule has 144 valence electrons. The van der Waals surface area contributed by atoms with Crippen molar-refractivity contribution in [3.63, 3.8) is 0 Å². The van der Waals surface area contributed by atoms with Crippen molar-refractivity contribution in [3.8, 4) is 0 Å². The van der Waals surface area contributed by atoms with Gasteiger partial charge in [-0.15, -0.1) is 0 Å². The highest BCUT2D eigenvalue weighted by atomic mass is 16.3. The van der Waals surface area contributed by atoms with E-state index in [0.717, 1.165) is 17.7 Å². The number of rotatable bonds is 6. The molecular weight excluding hydrogens is 344 g/mol. The molecule has 3 heterocycles.